The molecule has 2 N–H and O–H groups in total. The number of fused-ring (bicyclic) bond motifs is 2. The van der Waals surface area contributed by atoms with E-state index in [0.717, 1.165) is 96.7 Å². The van der Waals surface area contributed by atoms with Crippen LogP contribution >= 0.6 is 0 Å². The van der Waals surface area contributed by atoms with Crippen molar-refractivity contribution in [2.75, 3.05) is 65.6 Å². The normalized spacial score (nSPS) is 13.4. The second kappa shape index (κ2) is 15.6. The number of nitro benzene ring substituents is 1. The number of hydrogen-bond donors (Lipinski definition) is 2. The molecule has 6 aromatic rings. The van der Waals surface area contributed by atoms with Crippen molar-refractivity contribution >= 4 is 39.4 Å². The smallest absolute Gasteiger partial charge is 0.345 e. The molecule has 1 aliphatic heterocycles. The SMILES string of the molecule is COC(=O)c1cc(OC)c(OCCCCCOc2ccc(-c3nc4ccc(-c5nc6ccc(N7CCN(C)CC7)cc6[nH]5)cc4[nH]3)cc2)cc1[N+](=O)[O-]. The fourth-order valence-corrected chi connectivity index (χ4v) is 6.40. The summed E-state index contributed by atoms with van der Waals surface area (Å²) in [6, 6.07) is 22.9. The zero-order valence-corrected chi connectivity index (χ0v) is 29.9. The van der Waals surface area contributed by atoms with E-state index >= 15 is 0 Å². The van der Waals surface area contributed by atoms with Crippen molar-refractivity contribution < 1.29 is 28.7 Å². The highest BCUT2D eigenvalue weighted by molar-refractivity contribution is 5.95. The van der Waals surface area contributed by atoms with Gasteiger partial charge in [0.1, 0.15) is 23.0 Å². The molecule has 0 amide bonds. The van der Waals surface area contributed by atoms with Crippen LogP contribution in [0.2, 0.25) is 0 Å². The molecule has 53 heavy (non-hydrogen) atoms. The van der Waals surface area contributed by atoms with Crippen LogP contribution in [0.3, 0.4) is 0 Å². The fourth-order valence-electron chi connectivity index (χ4n) is 6.40. The molecule has 0 aliphatic carbocycles. The Morgan fingerprint density at radius 3 is 2.09 bits per heavy atom. The van der Waals surface area contributed by atoms with Crippen LogP contribution < -0.4 is 19.1 Å². The number of benzene rings is 4. The predicted octanol–water partition coefficient (Wildman–Crippen LogP) is 6.86. The number of piperazine rings is 1. The van der Waals surface area contributed by atoms with Crippen LogP contribution in [-0.2, 0) is 4.74 Å². The highest BCUT2D eigenvalue weighted by Gasteiger charge is 2.25. The molecule has 0 bridgehead atoms. The molecule has 7 rings (SSSR count). The van der Waals surface area contributed by atoms with Gasteiger partial charge in [-0.05, 0) is 87.0 Å². The summed E-state index contributed by atoms with van der Waals surface area (Å²) in [6.45, 7) is 5.00. The zero-order chi connectivity index (χ0) is 36.9. The minimum absolute atomic E-state index is 0.189. The lowest BCUT2D eigenvalue weighted by atomic mass is 10.1. The van der Waals surface area contributed by atoms with E-state index in [1.807, 2.05) is 36.4 Å². The lowest BCUT2D eigenvalue weighted by Crippen LogP contribution is -2.44. The molecule has 14 heteroatoms. The van der Waals surface area contributed by atoms with E-state index in [0.29, 0.717) is 19.6 Å². The third-order valence-electron chi connectivity index (χ3n) is 9.42. The second-order valence-electron chi connectivity index (χ2n) is 12.9. The molecule has 3 heterocycles. The number of aromatic nitrogens is 4. The molecule has 274 valence electrons. The molecule has 1 saturated heterocycles. The van der Waals surface area contributed by atoms with Gasteiger partial charge in [-0.2, -0.15) is 0 Å². The zero-order valence-electron chi connectivity index (χ0n) is 29.9. The van der Waals surface area contributed by atoms with Crippen molar-refractivity contribution in [2.45, 2.75) is 19.3 Å². The number of rotatable bonds is 14. The lowest BCUT2D eigenvalue weighted by Gasteiger charge is -2.34. The quantitative estimate of drug-likeness (QED) is 0.0524. The van der Waals surface area contributed by atoms with Gasteiger partial charge in [0.25, 0.3) is 5.69 Å². The number of carbonyl (C=O) groups is 1. The number of ether oxygens (including phenoxy) is 4. The van der Waals surface area contributed by atoms with Crippen LogP contribution in [0.1, 0.15) is 29.6 Å². The van der Waals surface area contributed by atoms with Gasteiger partial charge in [0, 0.05) is 49.1 Å². The first-order chi connectivity index (χ1) is 25.8. The molecule has 0 atom stereocenters. The van der Waals surface area contributed by atoms with E-state index in [-0.39, 0.29) is 17.1 Å². The monoisotopic (exact) mass is 719 g/mol. The molecular weight excluding hydrogens is 678 g/mol. The van der Waals surface area contributed by atoms with Gasteiger partial charge < -0.3 is 38.7 Å². The summed E-state index contributed by atoms with van der Waals surface area (Å²) in [4.78, 5) is 44.3. The Morgan fingerprint density at radius 2 is 1.42 bits per heavy atom. The number of hydrogen-bond acceptors (Lipinski definition) is 11. The minimum Gasteiger partial charge on any atom is -0.494 e. The van der Waals surface area contributed by atoms with Crippen molar-refractivity contribution in [3.63, 3.8) is 0 Å². The van der Waals surface area contributed by atoms with E-state index in [1.54, 1.807) is 0 Å². The van der Waals surface area contributed by atoms with Crippen molar-refractivity contribution in [1.82, 2.24) is 24.8 Å². The van der Waals surface area contributed by atoms with E-state index in [4.69, 9.17) is 24.2 Å². The predicted molar refractivity (Wildman–Crippen MR) is 202 cm³/mol. The average molecular weight is 720 g/mol. The van der Waals surface area contributed by atoms with Gasteiger partial charge in [0.15, 0.2) is 11.5 Å². The maximum atomic E-state index is 12.0. The molecular formula is C39H41N7O7. The number of nitro groups is 1. The Balaban J connectivity index is 0.905. The van der Waals surface area contributed by atoms with Gasteiger partial charge in [-0.15, -0.1) is 0 Å². The fraction of sp³-hybridized carbons (Fsp3) is 0.308. The lowest BCUT2D eigenvalue weighted by molar-refractivity contribution is -0.385. The molecule has 14 nitrogen and oxygen atoms in total. The molecule has 0 spiro atoms. The Hall–Kier alpha value is -6.15. The van der Waals surface area contributed by atoms with Crippen LogP contribution in [0.5, 0.6) is 17.2 Å². The number of esters is 1. The van der Waals surface area contributed by atoms with Crippen molar-refractivity contribution in [3.8, 4) is 40.0 Å². The largest absolute Gasteiger partial charge is 0.494 e. The first-order valence-electron chi connectivity index (χ1n) is 17.5. The summed E-state index contributed by atoms with van der Waals surface area (Å²) >= 11 is 0. The van der Waals surface area contributed by atoms with Crippen LogP contribution in [0.25, 0.3) is 44.8 Å². The topological polar surface area (TPSA) is 161 Å². The number of likely N-dealkylation sites (N-methyl/N-ethyl adjacent to an activating group) is 1. The summed E-state index contributed by atoms with van der Waals surface area (Å²) in [5.41, 5.74) is 6.30. The Labute approximate surface area is 305 Å². The second-order valence-corrected chi connectivity index (χ2v) is 12.9. The number of carbonyl (C=O) groups excluding carboxylic acids is 1. The van der Waals surface area contributed by atoms with Crippen molar-refractivity contribution in [3.05, 3.63) is 88.5 Å². The Bertz CT molecular complexity index is 2240. The maximum absolute atomic E-state index is 12.0. The number of nitrogens with one attached hydrogen (secondary N) is 2. The third-order valence-corrected chi connectivity index (χ3v) is 9.42. The van der Waals surface area contributed by atoms with E-state index < -0.39 is 16.6 Å². The number of H-pyrrole nitrogens is 2. The van der Waals surface area contributed by atoms with Crippen LogP contribution in [0, 0.1) is 10.1 Å². The van der Waals surface area contributed by atoms with Crippen molar-refractivity contribution in [1.29, 1.82) is 0 Å². The van der Waals surface area contributed by atoms with Gasteiger partial charge >= 0.3 is 5.97 Å². The number of anilines is 1. The van der Waals surface area contributed by atoms with Gasteiger partial charge in [0.05, 0.1) is 60.5 Å². The number of imidazole rings is 2. The maximum Gasteiger partial charge on any atom is 0.345 e. The highest BCUT2D eigenvalue weighted by atomic mass is 16.6. The Morgan fingerprint density at radius 1 is 0.774 bits per heavy atom. The summed E-state index contributed by atoms with van der Waals surface area (Å²) in [5.74, 6) is 1.93. The van der Waals surface area contributed by atoms with Crippen LogP contribution in [-0.4, -0.2) is 96.4 Å². The molecule has 0 saturated carbocycles. The molecule has 0 radical (unpaired) electrons. The van der Waals surface area contributed by atoms with Crippen LogP contribution in [0.15, 0.2) is 72.8 Å². The van der Waals surface area contributed by atoms with Gasteiger partial charge in [-0.3, -0.25) is 10.1 Å². The molecule has 0 unspecified atom stereocenters. The molecule has 2 aromatic heterocycles. The molecule has 4 aromatic carbocycles. The first-order valence-corrected chi connectivity index (χ1v) is 17.5. The van der Waals surface area contributed by atoms with Crippen LogP contribution in [0.4, 0.5) is 11.4 Å². The number of aromatic amines is 2. The average Bonchev–Trinajstić information content (AvgIpc) is 3.81. The number of methoxy groups -OCH3 is 2. The van der Waals surface area contributed by atoms with Crippen molar-refractivity contribution in [2.24, 2.45) is 0 Å². The van der Waals surface area contributed by atoms with Gasteiger partial charge in [-0.1, -0.05) is 0 Å². The van der Waals surface area contributed by atoms with Gasteiger partial charge in [0.2, 0.25) is 0 Å². The van der Waals surface area contributed by atoms with E-state index in [2.05, 4.69) is 55.8 Å². The molecule has 1 fully saturated rings. The Kier molecular flexibility index (Phi) is 10.4. The van der Waals surface area contributed by atoms with E-state index in [9.17, 15) is 14.9 Å². The van der Waals surface area contributed by atoms with Gasteiger partial charge in [-0.25, -0.2) is 14.8 Å². The molecule has 1 aliphatic rings. The van der Waals surface area contributed by atoms with E-state index in [1.165, 1.54) is 24.9 Å². The first kappa shape index (κ1) is 35.3. The standard InChI is InChI=1S/C39H41N7O7/c1-44-15-17-45(18-16-44)27-10-14-31-33(22-27)43-38(41-31)26-9-13-30-32(21-26)42-37(40-30)25-7-11-28(12-8-25)52-19-5-4-6-20-53-36-24-34(46(48)49)29(39(47)51-3)23-35(36)50-2/h7-14,21-24H,4-6,15-20H2,1-3H3,(H,40,42)(H,41,43). The summed E-state index contributed by atoms with van der Waals surface area (Å²) in [7, 11) is 4.73. The highest BCUT2D eigenvalue weighted by Crippen LogP contribution is 2.35. The number of nitrogens with zero attached hydrogens (tertiary/aromatic N) is 5. The number of unbranched alkanes of at least 4 members (excludes halogenated alkanes) is 2. The summed E-state index contributed by atoms with van der Waals surface area (Å²) < 4.78 is 21.6. The summed E-state index contributed by atoms with van der Waals surface area (Å²) in [6.07, 6.45) is 2.30. The summed E-state index contributed by atoms with van der Waals surface area (Å²) in [5, 5.41) is 11.5. The third kappa shape index (κ3) is 7.87. The minimum atomic E-state index is -0.824.